The molecule has 0 bridgehead atoms. The van der Waals surface area contributed by atoms with Gasteiger partial charge in [-0.1, -0.05) is 38.4 Å². The quantitative estimate of drug-likeness (QED) is 0.777. The lowest BCUT2D eigenvalue weighted by Gasteiger charge is -2.32. The zero-order chi connectivity index (χ0) is 13.1. The van der Waals surface area contributed by atoms with Gasteiger partial charge in [0.1, 0.15) is 5.25 Å². The maximum absolute atomic E-state index is 12.4. The SMILES string of the molecule is CCC(C(N)=S)S(=O)(=O)N(C)C1CCCCC1. The number of nitrogens with zero attached hydrogens (tertiary/aromatic N) is 1. The zero-order valence-electron chi connectivity index (χ0n) is 10.6. The zero-order valence-corrected chi connectivity index (χ0v) is 12.2. The Morgan fingerprint density at radius 3 is 2.35 bits per heavy atom. The van der Waals surface area contributed by atoms with Gasteiger partial charge in [-0.05, 0) is 19.3 Å². The Morgan fingerprint density at radius 2 is 1.94 bits per heavy atom. The van der Waals surface area contributed by atoms with E-state index in [2.05, 4.69) is 0 Å². The predicted octanol–water partition coefficient (Wildman–Crippen LogP) is 1.65. The number of hydrogen-bond donors (Lipinski definition) is 1. The van der Waals surface area contributed by atoms with Gasteiger partial charge in [0.2, 0.25) is 10.0 Å². The van der Waals surface area contributed by atoms with E-state index in [4.69, 9.17) is 18.0 Å². The van der Waals surface area contributed by atoms with Crippen LogP contribution in [0.25, 0.3) is 0 Å². The summed E-state index contributed by atoms with van der Waals surface area (Å²) in [7, 11) is -1.72. The van der Waals surface area contributed by atoms with E-state index in [9.17, 15) is 8.42 Å². The normalized spacial score (nSPS) is 20.4. The number of thiocarbonyl (C=S) groups is 1. The maximum atomic E-state index is 12.4. The molecule has 1 aliphatic rings. The van der Waals surface area contributed by atoms with E-state index in [1.54, 1.807) is 14.0 Å². The molecule has 6 heteroatoms. The first-order valence-electron chi connectivity index (χ1n) is 6.17. The van der Waals surface area contributed by atoms with Gasteiger partial charge in [0, 0.05) is 13.1 Å². The van der Waals surface area contributed by atoms with Crippen molar-refractivity contribution in [1.82, 2.24) is 4.31 Å². The molecule has 1 aliphatic carbocycles. The van der Waals surface area contributed by atoms with Gasteiger partial charge in [-0.3, -0.25) is 0 Å². The fraction of sp³-hybridized carbons (Fsp3) is 0.909. The molecule has 0 aromatic carbocycles. The summed E-state index contributed by atoms with van der Waals surface area (Å²) in [6, 6.07) is 0.122. The summed E-state index contributed by atoms with van der Waals surface area (Å²) in [6.07, 6.45) is 5.75. The van der Waals surface area contributed by atoms with Crippen LogP contribution in [0.2, 0.25) is 0 Å². The third-order valence-electron chi connectivity index (χ3n) is 3.54. The van der Waals surface area contributed by atoms with Gasteiger partial charge in [0.25, 0.3) is 0 Å². The summed E-state index contributed by atoms with van der Waals surface area (Å²) < 4.78 is 26.2. The topological polar surface area (TPSA) is 63.4 Å². The Morgan fingerprint density at radius 1 is 1.41 bits per heavy atom. The molecular weight excluding hydrogens is 256 g/mol. The van der Waals surface area contributed by atoms with Crippen molar-refractivity contribution in [2.75, 3.05) is 7.05 Å². The van der Waals surface area contributed by atoms with Crippen LogP contribution in [-0.2, 0) is 10.0 Å². The van der Waals surface area contributed by atoms with Crippen LogP contribution in [0.5, 0.6) is 0 Å². The summed E-state index contributed by atoms with van der Waals surface area (Å²) in [5, 5.41) is -0.718. The average Bonchev–Trinajstić information content (AvgIpc) is 2.29. The fourth-order valence-corrected chi connectivity index (χ4v) is 4.69. The fourth-order valence-electron chi connectivity index (χ4n) is 2.41. The van der Waals surface area contributed by atoms with Crippen LogP contribution in [0, 0.1) is 0 Å². The van der Waals surface area contributed by atoms with E-state index in [1.165, 1.54) is 10.7 Å². The number of nitrogens with two attached hydrogens (primary N) is 1. The molecule has 1 rings (SSSR count). The predicted molar refractivity (Wildman–Crippen MR) is 74.4 cm³/mol. The van der Waals surface area contributed by atoms with E-state index in [-0.39, 0.29) is 11.0 Å². The molecule has 100 valence electrons. The highest BCUT2D eigenvalue weighted by Crippen LogP contribution is 2.25. The van der Waals surface area contributed by atoms with Gasteiger partial charge < -0.3 is 5.73 Å². The molecule has 0 aromatic heterocycles. The van der Waals surface area contributed by atoms with Gasteiger partial charge >= 0.3 is 0 Å². The van der Waals surface area contributed by atoms with E-state index in [0.717, 1.165) is 25.7 Å². The minimum atomic E-state index is -3.38. The Labute approximate surface area is 110 Å². The summed E-state index contributed by atoms with van der Waals surface area (Å²) in [4.78, 5) is 0.0789. The van der Waals surface area contributed by atoms with Gasteiger partial charge in [-0.2, -0.15) is 0 Å². The Kier molecular flexibility index (Phi) is 5.34. The van der Waals surface area contributed by atoms with E-state index in [1.807, 2.05) is 0 Å². The second-order valence-electron chi connectivity index (χ2n) is 4.65. The van der Waals surface area contributed by atoms with Crippen molar-refractivity contribution in [3.63, 3.8) is 0 Å². The van der Waals surface area contributed by atoms with Crippen molar-refractivity contribution >= 4 is 27.2 Å². The van der Waals surface area contributed by atoms with Crippen LogP contribution in [0.4, 0.5) is 0 Å². The third kappa shape index (κ3) is 3.39. The van der Waals surface area contributed by atoms with Crippen molar-refractivity contribution in [3.05, 3.63) is 0 Å². The second kappa shape index (κ2) is 6.11. The second-order valence-corrected chi connectivity index (χ2v) is 7.30. The van der Waals surface area contributed by atoms with Gasteiger partial charge in [-0.25, -0.2) is 12.7 Å². The highest BCUT2D eigenvalue weighted by atomic mass is 32.2. The van der Waals surface area contributed by atoms with Gasteiger partial charge in [-0.15, -0.1) is 0 Å². The molecule has 0 aromatic rings. The molecule has 1 saturated carbocycles. The van der Waals surface area contributed by atoms with E-state index in [0.29, 0.717) is 6.42 Å². The first-order chi connectivity index (χ1) is 7.91. The molecule has 2 N–H and O–H groups in total. The van der Waals surface area contributed by atoms with Crippen LogP contribution in [0.3, 0.4) is 0 Å². The lowest BCUT2D eigenvalue weighted by Crippen LogP contribution is -2.47. The summed E-state index contributed by atoms with van der Waals surface area (Å²) in [6.45, 7) is 1.80. The van der Waals surface area contributed by atoms with Crippen LogP contribution >= 0.6 is 12.2 Å². The smallest absolute Gasteiger partial charge is 0.223 e. The molecule has 0 radical (unpaired) electrons. The summed E-state index contributed by atoms with van der Waals surface area (Å²) in [5.74, 6) is 0. The lowest BCUT2D eigenvalue weighted by molar-refractivity contribution is 0.284. The Balaban J connectivity index is 2.84. The van der Waals surface area contributed by atoms with Crippen LogP contribution in [0.15, 0.2) is 0 Å². The largest absolute Gasteiger partial charge is 0.392 e. The molecule has 1 fully saturated rings. The molecule has 17 heavy (non-hydrogen) atoms. The van der Waals surface area contributed by atoms with Crippen LogP contribution < -0.4 is 5.73 Å². The van der Waals surface area contributed by atoms with Crippen LogP contribution in [0.1, 0.15) is 45.4 Å². The van der Waals surface area contributed by atoms with Gasteiger partial charge in [0.15, 0.2) is 0 Å². The summed E-state index contributed by atoms with van der Waals surface area (Å²) >= 11 is 4.86. The molecule has 0 amide bonds. The first kappa shape index (κ1) is 14.9. The minimum Gasteiger partial charge on any atom is -0.392 e. The number of hydrogen-bond acceptors (Lipinski definition) is 3. The highest BCUT2D eigenvalue weighted by molar-refractivity contribution is 7.92. The molecule has 1 atom stereocenters. The van der Waals surface area contributed by atoms with E-state index >= 15 is 0 Å². The van der Waals surface area contributed by atoms with Crippen molar-refractivity contribution in [2.24, 2.45) is 5.73 Å². The molecule has 4 nitrogen and oxygen atoms in total. The number of sulfonamides is 1. The Hall–Kier alpha value is -0.200. The molecule has 0 saturated heterocycles. The van der Waals surface area contributed by atoms with Gasteiger partial charge in [0.05, 0.1) is 4.99 Å². The maximum Gasteiger partial charge on any atom is 0.223 e. The third-order valence-corrected chi connectivity index (χ3v) is 6.38. The van der Waals surface area contributed by atoms with Crippen LogP contribution in [-0.4, -0.2) is 36.1 Å². The molecule has 0 heterocycles. The standard InChI is InChI=1S/C11H22N2O2S2/c1-3-10(11(12)16)17(14,15)13(2)9-7-5-4-6-8-9/h9-10H,3-8H2,1-2H3,(H2,12,16). The minimum absolute atomic E-state index is 0.0789. The van der Waals surface area contributed by atoms with Crippen molar-refractivity contribution < 1.29 is 8.42 Å². The van der Waals surface area contributed by atoms with Crippen molar-refractivity contribution in [2.45, 2.75) is 56.7 Å². The summed E-state index contributed by atoms with van der Waals surface area (Å²) in [5.41, 5.74) is 5.53. The lowest BCUT2D eigenvalue weighted by atomic mass is 9.96. The monoisotopic (exact) mass is 278 g/mol. The van der Waals surface area contributed by atoms with E-state index < -0.39 is 15.3 Å². The highest BCUT2D eigenvalue weighted by Gasteiger charge is 2.34. The molecular formula is C11H22N2O2S2. The molecule has 0 aliphatic heterocycles. The molecule has 0 spiro atoms. The number of rotatable bonds is 5. The van der Waals surface area contributed by atoms with Crippen molar-refractivity contribution in [3.8, 4) is 0 Å². The average molecular weight is 278 g/mol. The molecule has 1 unspecified atom stereocenters. The first-order valence-corrected chi connectivity index (χ1v) is 8.08. The Bertz CT molecular complexity index is 362. The van der Waals surface area contributed by atoms with Crippen molar-refractivity contribution in [1.29, 1.82) is 0 Å².